The Morgan fingerprint density at radius 1 is 1.45 bits per heavy atom. The van der Waals surface area contributed by atoms with Crippen molar-refractivity contribution in [2.24, 2.45) is 0 Å². The zero-order valence-corrected chi connectivity index (χ0v) is 11.0. The maximum atomic E-state index is 10.9. The number of carbonyl (C=O) groups is 1. The molecule has 104 valence electrons. The molecule has 0 amide bonds. The number of anilines is 1. The van der Waals surface area contributed by atoms with E-state index in [2.05, 4.69) is 10.3 Å². The quantitative estimate of drug-likeness (QED) is 0.655. The summed E-state index contributed by atoms with van der Waals surface area (Å²) in [5.74, 6) is -1.00. The summed E-state index contributed by atoms with van der Waals surface area (Å²) in [4.78, 5) is 25.5. The second kappa shape index (κ2) is 5.12. The molecule has 0 radical (unpaired) electrons. The van der Waals surface area contributed by atoms with Crippen LogP contribution in [0.3, 0.4) is 0 Å². The predicted octanol–water partition coefficient (Wildman–Crippen LogP) is 2.34. The van der Waals surface area contributed by atoms with E-state index in [1.165, 1.54) is 19.1 Å². The van der Waals surface area contributed by atoms with Crippen molar-refractivity contribution in [3.05, 3.63) is 40.1 Å². The van der Waals surface area contributed by atoms with Gasteiger partial charge in [0.2, 0.25) is 0 Å². The molecule has 0 spiro atoms. The van der Waals surface area contributed by atoms with Crippen molar-refractivity contribution in [1.29, 1.82) is 0 Å². The first-order chi connectivity index (χ1) is 9.38. The summed E-state index contributed by atoms with van der Waals surface area (Å²) in [6.45, 7) is 3.28. The summed E-state index contributed by atoms with van der Waals surface area (Å²) < 4.78 is 0. The van der Waals surface area contributed by atoms with E-state index in [1.807, 2.05) is 0 Å². The highest BCUT2D eigenvalue weighted by molar-refractivity contribution is 5.94. The summed E-state index contributed by atoms with van der Waals surface area (Å²) >= 11 is 0. The highest BCUT2D eigenvalue weighted by Crippen LogP contribution is 2.27. The zero-order chi connectivity index (χ0) is 14.9. The fourth-order valence-corrected chi connectivity index (χ4v) is 1.87. The van der Waals surface area contributed by atoms with E-state index in [-0.39, 0.29) is 5.69 Å². The van der Waals surface area contributed by atoms with Gasteiger partial charge in [0, 0.05) is 28.9 Å². The fraction of sp³-hybridized carbons (Fsp3) is 0.231. The van der Waals surface area contributed by atoms with Crippen LogP contribution in [0.4, 0.5) is 11.4 Å². The number of non-ortho nitro benzene ring substituents is 1. The van der Waals surface area contributed by atoms with Gasteiger partial charge in [-0.25, -0.2) is 0 Å². The molecule has 7 heteroatoms. The molecular formula is C13H13N3O4. The molecule has 1 aromatic carbocycles. The van der Waals surface area contributed by atoms with Crippen molar-refractivity contribution in [1.82, 2.24) is 4.98 Å². The molecule has 0 aliphatic carbocycles. The number of hydrogen-bond donors (Lipinski definition) is 2. The van der Waals surface area contributed by atoms with E-state index in [4.69, 9.17) is 5.11 Å². The molecule has 0 saturated heterocycles. The topological polar surface area (TPSA) is 105 Å². The van der Waals surface area contributed by atoms with Gasteiger partial charge in [0.15, 0.2) is 0 Å². The predicted molar refractivity (Wildman–Crippen MR) is 73.9 cm³/mol. The largest absolute Gasteiger partial charge is 0.480 e. The van der Waals surface area contributed by atoms with Gasteiger partial charge in [-0.3, -0.25) is 19.9 Å². The van der Waals surface area contributed by atoms with Gasteiger partial charge in [0.05, 0.1) is 10.4 Å². The normalized spacial score (nSPS) is 12.1. The Balaban J connectivity index is 2.58. The molecule has 0 fully saturated rings. The van der Waals surface area contributed by atoms with Gasteiger partial charge in [-0.2, -0.15) is 0 Å². The molecule has 1 unspecified atom stereocenters. The molecule has 1 heterocycles. The third-order valence-corrected chi connectivity index (χ3v) is 2.87. The molecule has 1 atom stereocenters. The van der Waals surface area contributed by atoms with E-state index in [0.717, 1.165) is 0 Å². The SMILES string of the molecule is Cc1cc(NC(C)C(=O)O)c2cc([N+](=O)[O-])ccc2n1. The van der Waals surface area contributed by atoms with E-state index < -0.39 is 16.9 Å². The number of carboxylic acid groups (broad SMARTS) is 1. The van der Waals surface area contributed by atoms with Crippen molar-refractivity contribution in [3.63, 3.8) is 0 Å². The number of benzene rings is 1. The van der Waals surface area contributed by atoms with Crippen LogP contribution in [0, 0.1) is 17.0 Å². The average molecular weight is 275 g/mol. The van der Waals surface area contributed by atoms with Crippen LogP contribution in [0.2, 0.25) is 0 Å². The third kappa shape index (κ3) is 2.66. The van der Waals surface area contributed by atoms with Crippen molar-refractivity contribution in [2.75, 3.05) is 5.32 Å². The van der Waals surface area contributed by atoms with Gasteiger partial charge in [0.1, 0.15) is 6.04 Å². The van der Waals surface area contributed by atoms with E-state index in [0.29, 0.717) is 22.3 Å². The molecule has 1 aromatic heterocycles. The number of rotatable bonds is 4. The fourth-order valence-electron chi connectivity index (χ4n) is 1.87. The van der Waals surface area contributed by atoms with E-state index in [9.17, 15) is 14.9 Å². The van der Waals surface area contributed by atoms with Crippen molar-refractivity contribution in [3.8, 4) is 0 Å². The zero-order valence-electron chi connectivity index (χ0n) is 11.0. The van der Waals surface area contributed by atoms with E-state index >= 15 is 0 Å². The summed E-state index contributed by atoms with van der Waals surface area (Å²) in [7, 11) is 0. The van der Waals surface area contributed by atoms with Crippen molar-refractivity contribution in [2.45, 2.75) is 19.9 Å². The number of aryl methyl sites for hydroxylation is 1. The summed E-state index contributed by atoms with van der Waals surface area (Å²) in [5.41, 5.74) is 1.74. The monoisotopic (exact) mass is 275 g/mol. The maximum Gasteiger partial charge on any atom is 0.325 e. The Bertz CT molecular complexity index is 699. The summed E-state index contributed by atoms with van der Waals surface area (Å²) in [5, 5.41) is 23.1. The van der Waals surface area contributed by atoms with E-state index in [1.54, 1.807) is 19.1 Å². The lowest BCUT2D eigenvalue weighted by atomic mass is 10.1. The lowest BCUT2D eigenvalue weighted by molar-refractivity contribution is -0.384. The van der Waals surface area contributed by atoms with Gasteiger partial charge in [-0.15, -0.1) is 0 Å². The minimum absolute atomic E-state index is 0.0609. The molecule has 2 rings (SSSR count). The number of pyridine rings is 1. The number of carboxylic acids is 1. The minimum atomic E-state index is -1.00. The molecule has 7 nitrogen and oxygen atoms in total. The Morgan fingerprint density at radius 3 is 2.75 bits per heavy atom. The lowest BCUT2D eigenvalue weighted by Crippen LogP contribution is -2.25. The molecule has 0 aliphatic rings. The average Bonchev–Trinajstić information content (AvgIpc) is 2.37. The number of nitro groups is 1. The first-order valence-electron chi connectivity index (χ1n) is 5.93. The van der Waals surface area contributed by atoms with Crippen LogP contribution in [0.1, 0.15) is 12.6 Å². The molecule has 0 saturated carbocycles. The Labute approximate surface area is 114 Å². The number of fused-ring (bicyclic) bond motifs is 1. The van der Waals surface area contributed by atoms with Gasteiger partial charge in [-0.1, -0.05) is 0 Å². The Hall–Kier alpha value is -2.70. The third-order valence-electron chi connectivity index (χ3n) is 2.87. The lowest BCUT2D eigenvalue weighted by Gasteiger charge is -2.13. The molecule has 2 N–H and O–H groups in total. The summed E-state index contributed by atoms with van der Waals surface area (Å²) in [6, 6.07) is 5.18. The van der Waals surface area contributed by atoms with Crippen molar-refractivity contribution >= 4 is 28.2 Å². The van der Waals surface area contributed by atoms with Crippen LogP contribution < -0.4 is 5.32 Å². The number of nitrogens with one attached hydrogen (secondary N) is 1. The number of hydrogen-bond acceptors (Lipinski definition) is 5. The maximum absolute atomic E-state index is 10.9. The number of nitro benzene ring substituents is 1. The van der Waals surface area contributed by atoms with Crippen LogP contribution >= 0.6 is 0 Å². The highest BCUT2D eigenvalue weighted by atomic mass is 16.6. The Kier molecular flexibility index (Phi) is 3.51. The van der Waals surface area contributed by atoms with Crippen LogP contribution in [0.25, 0.3) is 10.9 Å². The standard InChI is InChI=1S/C13H13N3O4/c1-7-5-12(15-8(2)13(17)18)10-6-9(16(19)20)3-4-11(10)14-7/h3-6,8H,1-2H3,(H,14,15)(H,17,18). The first kappa shape index (κ1) is 13.7. The van der Waals surface area contributed by atoms with Gasteiger partial charge < -0.3 is 10.4 Å². The number of aliphatic carboxylic acids is 1. The van der Waals surface area contributed by atoms with Crippen LogP contribution in [0.15, 0.2) is 24.3 Å². The van der Waals surface area contributed by atoms with Gasteiger partial charge in [0.25, 0.3) is 5.69 Å². The second-order valence-electron chi connectivity index (χ2n) is 4.47. The Morgan fingerprint density at radius 2 is 2.15 bits per heavy atom. The van der Waals surface area contributed by atoms with Gasteiger partial charge >= 0.3 is 5.97 Å². The molecule has 0 aliphatic heterocycles. The number of aromatic nitrogens is 1. The number of nitrogens with zero attached hydrogens (tertiary/aromatic N) is 2. The van der Waals surface area contributed by atoms with Gasteiger partial charge in [-0.05, 0) is 26.0 Å². The van der Waals surface area contributed by atoms with Crippen LogP contribution in [-0.2, 0) is 4.79 Å². The summed E-state index contributed by atoms with van der Waals surface area (Å²) in [6.07, 6.45) is 0. The molecule has 20 heavy (non-hydrogen) atoms. The smallest absolute Gasteiger partial charge is 0.325 e. The molecular weight excluding hydrogens is 262 g/mol. The molecule has 2 aromatic rings. The van der Waals surface area contributed by atoms with Crippen LogP contribution in [-0.4, -0.2) is 27.0 Å². The van der Waals surface area contributed by atoms with Crippen molar-refractivity contribution < 1.29 is 14.8 Å². The minimum Gasteiger partial charge on any atom is -0.480 e. The molecule has 0 bridgehead atoms. The first-order valence-corrected chi connectivity index (χ1v) is 5.93. The van der Waals surface area contributed by atoms with Crippen LogP contribution in [0.5, 0.6) is 0 Å². The second-order valence-corrected chi connectivity index (χ2v) is 4.47. The highest BCUT2D eigenvalue weighted by Gasteiger charge is 2.15.